The van der Waals surface area contributed by atoms with Crippen molar-refractivity contribution in [2.45, 2.75) is 160 Å². The molecule has 0 saturated carbocycles. The second kappa shape index (κ2) is 29.9. The zero-order valence-corrected chi connectivity index (χ0v) is 36.6. The van der Waals surface area contributed by atoms with Gasteiger partial charge in [-0.05, 0) is 56.2 Å². The van der Waals surface area contributed by atoms with Gasteiger partial charge in [0.1, 0.15) is 11.8 Å². The van der Waals surface area contributed by atoms with Crippen molar-refractivity contribution in [1.82, 2.24) is 15.1 Å². The number of nitrogens with one attached hydrogen (secondary N) is 1. The summed E-state index contributed by atoms with van der Waals surface area (Å²) in [6.07, 6.45) is 18.8. The van der Waals surface area contributed by atoms with Crippen molar-refractivity contribution in [1.29, 1.82) is 0 Å². The van der Waals surface area contributed by atoms with E-state index in [1.807, 2.05) is 0 Å². The number of phenolic OH excluding ortho intramolecular Hbond substituents is 1. The number of ketones is 1. The molecule has 0 bridgehead atoms. The van der Waals surface area contributed by atoms with Crippen LogP contribution in [-0.4, -0.2) is 75.6 Å². The summed E-state index contributed by atoms with van der Waals surface area (Å²) in [6.45, 7) is 3.25. The molecule has 2 aliphatic rings. The number of aliphatic carboxylic acids is 1. The van der Waals surface area contributed by atoms with Crippen LogP contribution < -0.4 is 40.0 Å². The summed E-state index contributed by atoms with van der Waals surface area (Å²) in [5.74, 6) is -2.39. The minimum absolute atomic E-state index is 0. The zero-order chi connectivity index (χ0) is 34.7. The number of phenols is 1. The van der Waals surface area contributed by atoms with Crippen LogP contribution in [0.25, 0.3) is 0 Å². The predicted molar refractivity (Wildman–Crippen MR) is 214 cm³/mol. The van der Waals surface area contributed by atoms with Gasteiger partial charge in [0, 0.05) is 32.4 Å². The second-order valence-corrected chi connectivity index (χ2v) is 13.7. The summed E-state index contributed by atoms with van der Waals surface area (Å²) in [5.41, 5.74) is 0.599. The molecule has 2 N–H and O–H groups in total. The molecular weight excluding hydrogens is 730 g/mol. The fraction of sp³-hybridized carbons (Fsp3) is 0.711. The van der Waals surface area contributed by atoms with E-state index in [2.05, 4.69) is 12.2 Å². The smallest absolute Gasteiger partial charge is 0.548 e. The van der Waals surface area contributed by atoms with Crippen molar-refractivity contribution >= 4 is 70.0 Å². The van der Waals surface area contributed by atoms with Crippen LogP contribution in [0.5, 0.6) is 5.75 Å². The number of unbranched alkanes of at least 4 members (excludes halogenated alkanes) is 12. The SMILES string of the molecule is CCCCCCCCCCCCCCCC(=O)N1CCC[C@H]1C(=O)N1CCC[C@H]1C(=O)CCC(=O)N[C@@H](Cc1ccc(O)cc1)C(=O)[O-].S.S.S.[Na+]. The van der Waals surface area contributed by atoms with Crippen molar-refractivity contribution in [3.63, 3.8) is 0 Å². The molecule has 2 saturated heterocycles. The van der Waals surface area contributed by atoms with E-state index >= 15 is 0 Å². The normalized spacial score (nSPS) is 16.8. The molecule has 0 aliphatic carbocycles. The Kier molecular flexibility index (Phi) is 30.3. The van der Waals surface area contributed by atoms with Crippen molar-refractivity contribution in [3.8, 4) is 5.75 Å². The number of likely N-dealkylation sites (tertiary alicyclic amines) is 2. The van der Waals surface area contributed by atoms with Gasteiger partial charge in [-0.25, -0.2) is 0 Å². The van der Waals surface area contributed by atoms with Crippen LogP contribution in [0, 0.1) is 0 Å². The number of carbonyl (C=O) groups is 5. The van der Waals surface area contributed by atoms with Gasteiger partial charge in [0.25, 0.3) is 0 Å². The van der Waals surface area contributed by atoms with E-state index in [0.717, 1.165) is 25.7 Å². The van der Waals surface area contributed by atoms with E-state index in [9.17, 15) is 34.2 Å². The predicted octanol–water partition coefficient (Wildman–Crippen LogP) is 2.32. The van der Waals surface area contributed by atoms with Crippen LogP contribution in [0.1, 0.15) is 141 Å². The Hall–Kier alpha value is -1.38. The average molecular weight is 794 g/mol. The molecule has 1 aromatic rings. The molecule has 3 rings (SSSR count). The molecule has 10 nitrogen and oxygen atoms in total. The number of hydrogen-bond acceptors (Lipinski definition) is 7. The van der Waals surface area contributed by atoms with Gasteiger partial charge in [-0.3, -0.25) is 19.2 Å². The first-order valence-corrected chi connectivity index (χ1v) is 18.6. The molecule has 0 aromatic heterocycles. The van der Waals surface area contributed by atoms with Gasteiger partial charge in [0.05, 0.1) is 18.1 Å². The molecule has 2 fully saturated rings. The number of aromatic hydroxyl groups is 1. The molecule has 1 aromatic carbocycles. The third-order valence-corrected chi connectivity index (χ3v) is 9.85. The first-order chi connectivity index (χ1) is 23.2. The van der Waals surface area contributed by atoms with E-state index in [0.29, 0.717) is 44.3 Å². The van der Waals surface area contributed by atoms with E-state index in [1.165, 1.54) is 76.3 Å². The molecule has 0 spiro atoms. The van der Waals surface area contributed by atoms with Crippen LogP contribution in [0.4, 0.5) is 0 Å². The average Bonchev–Trinajstić information content (AvgIpc) is 3.77. The van der Waals surface area contributed by atoms with Gasteiger partial charge >= 0.3 is 29.6 Å². The van der Waals surface area contributed by atoms with Gasteiger partial charge in [-0.2, -0.15) is 40.5 Å². The Morgan fingerprint density at radius 2 is 1.23 bits per heavy atom. The summed E-state index contributed by atoms with van der Waals surface area (Å²) in [5, 5.41) is 23.5. The third-order valence-electron chi connectivity index (χ3n) is 9.85. The summed E-state index contributed by atoms with van der Waals surface area (Å²) in [7, 11) is 0. The van der Waals surface area contributed by atoms with Gasteiger partial charge in [-0.15, -0.1) is 0 Å². The minimum Gasteiger partial charge on any atom is -0.548 e. The quantitative estimate of drug-likeness (QED) is 0.128. The number of hydrogen-bond donors (Lipinski definition) is 2. The number of amides is 3. The van der Waals surface area contributed by atoms with E-state index in [-0.39, 0.29) is 113 Å². The van der Waals surface area contributed by atoms with Crippen LogP contribution in [0.3, 0.4) is 0 Å². The number of Topliss-reactive ketones (excluding diaryl/α,β-unsaturated/α-hetero) is 1. The first-order valence-electron chi connectivity index (χ1n) is 18.6. The Bertz CT molecular complexity index is 1190. The summed E-state index contributed by atoms with van der Waals surface area (Å²) in [6, 6.07) is 3.51. The molecule has 2 aliphatic heterocycles. The number of carboxylic acid groups (broad SMARTS) is 1. The van der Waals surface area contributed by atoms with Crippen molar-refractivity contribution < 1.29 is 63.7 Å². The van der Waals surface area contributed by atoms with E-state index in [1.54, 1.807) is 21.9 Å². The number of carbonyl (C=O) groups excluding carboxylic acids is 5. The maximum atomic E-state index is 13.6. The van der Waals surface area contributed by atoms with Gasteiger partial charge < -0.3 is 30.1 Å². The Morgan fingerprint density at radius 1 is 0.731 bits per heavy atom. The number of benzene rings is 1. The van der Waals surface area contributed by atoms with Crippen LogP contribution >= 0.6 is 40.5 Å². The van der Waals surface area contributed by atoms with Gasteiger partial charge in [0.15, 0.2) is 5.78 Å². The third kappa shape index (κ3) is 18.8. The summed E-state index contributed by atoms with van der Waals surface area (Å²) in [4.78, 5) is 67.4. The van der Waals surface area contributed by atoms with Crippen LogP contribution in [0.15, 0.2) is 24.3 Å². The number of nitrogens with zero attached hydrogens (tertiary/aromatic N) is 2. The molecule has 2 heterocycles. The Labute approximate surface area is 355 Å². The Balaban J connectivity index is 0. The topological polar surface area (TPSA) is 147 Å². The summed E-state index contributed by atoms with van der Waals surface area (Å²) >= 11 is 0. The zero-order valence-electron chi connectivity index (χ0n) is 31.6. The maximum absolute atomic E-state index is 13.6. The molecule has 52 heavy (non-hydrogen) atoms. The van der Waals surface area contributed by atoms with Crippen molar-refractivity contribution in [2.75, 3.05) is 13.1 Å². The minimum atomic E-state index is -1.44. The second-order valence-electron chi connectivity index (χ2n) is 13.7. The van der Waals surface area contributed by atoms with Crippen LogP contribution in [0.2, 0.25) is 0 Å². The number of carboxylic acids is 1. The molecule has 292 valence electrons. The van der Waals surface area contributed by atoms with E-state index < -0.39 is 30.0 Å². The fourth-order valence-electron chi connectivity index (χ4n) is 7.05. The summed E-state index contributed by atoms with van der Waals surface area (Å²) < 4.78 is 0. The fourth-order valence-corrected chi connectivity index (χ4v) is 7.05. The number of rotatable bonds is 23. The largest absolute Gasteiger partial charge is 1.00 e. The van der Waals surface area contributed by atoms with Crippen molar-refractivity contribution in [3.05, 3.63) is 29.8 Å². The standard InChI is InChI=1S/C38H59N3O7.Na.3H2S/c1-2-3-4-5-6-7-8-9-10-11-12-13-14-19-36(45)40-26-16-18-33(40)37(46)41-27-15-17-32(41)34(43)24-25-35(44)39-31(38(47)48)28-29-20-22-30(42)23-21-29;;;;/h20-23,31-33,42H,2-19,24-28H2,1H3,(H,39,44)(H,47,48);;3*1H2/q;+1;;;/p-1/t31-,32-,33-;;;;/m0..../s1. The van der Waals surface area contributed by atoms with Crippen molar-refractivity contribution in [2.24, 2.45) is 0 Å². The van der Waals surface area contributed by atoms with Gasteiger partial charge in [-0.1, -0.05) is 96.1 Å². The first kappa shape index (κ1) is 52.7. The molecule has 0 radical (unpaired) electrons. The van der Waals surface area contributed by atoms with Gasteiger partial charge in [0.2, 0.25) is 17.7 Å². The Morgan fingerprint density at radius 3 is 1.77 bits per heavy atom. The molecule has 0 unspecified atom stereocenters. The van der Waals surface area contributed by atoms with Crippen LogP contribution in [-0.2, 0) is 30.4 Å². The molecule has 3 atom stereocenters. The monoisotopic (exact) mass is 793 g/mol. The molecule has 14 heteroatoms. The maximum Gasteiger partial charge on any atom is 1.00 e. The molecular formula is C38H64N3NaO7S3. The van der Waals surface area contributed by atoms with E-state index in [4.69, 9.17) is 0 Å². The molecule has 3 amide bonds.